The Bertz CT molecular complexity index is 656. The minimum absolute atomic E-state index is 0.844. The van der Waals surface area contributed by atoms with E-state index in [4.69, 9.17) is 0 Å². The number of nitrogens with zero attached hydrogens (tertiary/aromatic N) is 1. The molecule has 0 amide bonds. The van der Waals surface area contributed by atoms with Gasteiger partial charge in [-0.3, -0.25) is 0 Å². The van der Waals surface area contributed by atoms with Crippen molar-refractivity contribution in [2.75, 3.05) is 0 Å². The van der Waals surface area contributed by atoms with Gasteiger partial charge >= 0.3 is 0 Å². The summed E-state index contributed by atoms with van der Waals surface area (Å²) in [4.78, 5) is 4.43. The number of aryl methyl sites for hydroxylation is 2. The third-order valence-corrected chi connectivity index (χ3v) is 4.47. The quantitative estimate of drug-likeness (QED) is 0.385. The Morgan fingerprint density at radius 3 is 2.08 bits per heavy atom. The van der Waals surface area contributed by atoms with E-state index in [1.165, 1.54) is 56.1 Å². The Kier molecular flexibility index (Phi) is 8.84. The van der Waals surface area contributed by atoms with E-state index in [9.17, 15) is 0 Å². The van der Waals surface area contributed by atoms with Crippen molar-refractivity contribution in [3.8, 4) is 11.8 Å². The topological polar surface area (TPSA) is 12.9 Å². The highest BCUT2D eigenvalue weighted by molar-refractivity contribution is 5.41. The molecular formula is C24H31N. The normalized spacial score (nSPS) is 10.3. The number of benzene rings is 1. The Balaban J connectivity index is 1.80. The van der Waals surface area contributed by atoms with Gasteiger partial charge in [-0.1, -0.05) is 76.5 Å². The monoisotopic (exact) mass is 333 g/mol. The summed E-state index contributed by atoms with van der Waals surface area (Å²) in [7, 11) is 0. The van der Waals surface area contributed by atoms with Gasteiger partial charge < -0.3 is 0 Å². The van der Waals surface area contributed by atoms with Crippen LogP contribution in [-0.4, -0.2) is 4.98 Å². The smallest absolute Gasteiger partial charge is 0.113 e. The standard InChI is InChI=1S/C24H31N/c1-3-5-6-7-8-9-11-21-12-14-22(15-13-21)16-18-24-19-17-23(10-4-2)20-25-24/h12-15,17,19-20H,3-11H2,1-2H3. The van der Waals surface area contributed by atoms with Crippen molar-refractivity contribution in [3.63, 3.8) is 0 Å². The summed E-state index contributed by atoms with van der Waals surface area (Å²) in [5.74, 6) is 6.38. The van der Waals surface area contributed by atoms with Crippen LogP contribution in [0.5, 0.6) is 0 Å². The summed E-state index contributed by atoms with van der Waals surface area (Å²) in [6.07, 6.45) is 13.5. The average Bonchev–Trinajstić information content (AvgIpc) is 2.65. The summed E-state index contributed by atoms with van der Waals surface area (Å²) >= 11 is 0. The number of hydrogen-bond acceptors (Lipinski definition) is 1. The zero-order valence-electron chi connectivity index (χ0n) is 15.9. The molecule has 0 aliphatic carbocycles. The number of pyridine rings is 1. The molecule has 25 heavy (non-hydrogen) atoms. The van der Waals surface area contributed by atoms with Crippen molar-refractivity contribution >= 4 is 0 Å². The van der Waals surface area contributed by atoms with Gasteiger partial charge in [0, 0.05) is 11.8 Å². The minimum Gasteiger partial charge on any atom is -0.248 e. The average molecular weight is 334 g/mol. The van der Waals surface area contributed by atoms with E-state index < -0.39 is 0 Å². The molecule has 1 heterocycles. The number of unbranched alkanes of at least 4 members (excludes halogenated alkanes) is 5. The Morgan fingerprint density at radius 2 is 1.40 bits per heavy atom. The first-order valence-electron chi connectivity index (χ1n) is 9.87. The summed E-state index contributed by atoms with van der Waals surface area (Å²) in [6, 6.07) is 12.8. The maximum Gasteiger partial charge on any atom is 0.113 e. The maximum absolute atomic E-state index is 4.43. The molecule has 1 heteroatoms. The van der Waals surface area contributed by atoms with Crippen LogP contribution < -0.4 is 0 Å². The third kappa shape index (κ3) is 7.57. The van der Waals surface area contributed by atoms with Crippen molar-refractivity contribution in [1.29, 1.82) is 0 Å². The van der Waals surface area contributed by atoms with Crippen LogP contribution in [0.25, 0.3) is 0 Å². The summed E-state index contributed by atoms with van der Waals surface area (Å²) in [6.45, 7) is 4.45. The molecule has 2 rings (SSSR count). The molecule has 0 N–H and O–H groups in total. The van der Waals surface area contributed by atoms with E-state index >= 15 is 0 Å². The Labute approximate surface area is 153 Å². The van der Waals surface area contributed by atoms with Gasteiger partial charge in [0.05, 0.1) is 0 Å². The largest absolute Gasteiger partial charge is 0.248 e. The van der Waals surface area contributed by atoms with Crippen LogP contribution in [0.3, 0.4) is 0 Å². The SMILES string of the molecule is CCCCCCCCc1ccc(C#Cc2ccc(CCC)cn2)cc1. The third-order valence-electron chi connectivity index (χ3n) is 4.47. The fourth-order valence-corrected chi connectivity index (χ4v) is 2.94. The first kappa shape index (κ1) is 19.3. The molecule has 1 nitrogen and oxygen atoms in total. The predicted octanol–water partition coefficient (Wildman–Crippen LogP) is 6.34. The molecule has 1 aromatic heterocycles. The molecule has 0 saturated carbocycles. The molecule has 0 saturated heterocycles. The minimum atomic E-state index is 0.844. The van der Waals surface area contributed by atoms with Crippen LogP contribution in [-0.2, 0) is 12.8 Å². The molecule has 132 valence electrons. The molecule has 0 atom stereocenters. The fraction of sp³-hybridized carbons (Fsp3) is 0.458. The fourth-order valence-electron chi connectivity index (χ4n) is 2.94. The first-order chi connectivity index (χ1) is 12.3. The Morgan fingerprint density at radius 1 is 0.680 bits per heavy atom. The lowest BCUT2D eigenvalue weighted by Gasteiger charge is -2.02. The molecular weight excluding hydrogens is 302 g/mol. The van der Waals surface area contributed by atoms with Crippen LogP contribution in [0.15, 0.2) is 42.6 Å². The summed E-state index contributed by atoms with van der Waals surface area (Å²) in [5.41, 5.74) is 4.61. The second-order valence-electron chi connectivity index (χ2n) is 6.77. The van der Waals surface area contributed by atoms with Crippen LogP contribution in [0.2, 0.25) is 0 Å². The maximum atomic E-state index is 4.43. The zero-order chi connectivity index (χ0) is 17.7. The molecule has 0 fully saturated rings. The van der Waals surface area contributed by atoms with E-state index in [1.54, 1.807) is 0 Å². The number of aromatic nitrogens is 1. The predicted molar refractivity (Wildman–Crippen MR) is 108 cm³/mol. The van der Waals surface area contributed by atoms with E-state index in [-0.39, 0.29) is 0 Å². The van der Waals surface area contributed by atoms with Crippen molar-refractivity contribution in [2.24, 2.45) is 0 Å². The number of rotatable bonds is 9. The van der Waals surface area contributed by atoms with Crippen LogP contribution in [0.1, 0.15) is 81.2 Å². The van der Waals surface area contributed by atoms with Crippen molar-refractivity contribution in [1.82, 2.24) is 4.98 Å². The Hall–Kier alpha value is -2.07. The highest BCUT2D eigenvalue weighted by Gasteiger charge is 1.96. The van der Waals surface area contributed by atoms with Gasteiger partial charge in [-0.05, 0) is 54.5 Å². The van der Waals surface area contributed by atoms with Gasteiger partial charge in [0.15, 0.2) is 0 Å². The lowest BCUT2D eigenvalue weighted by Crippen LogP contribution is -1.88. The second-order valence-corrected chi connectivity index (χ2v) is 6.77. The molecule has 0 aliphatic rings. The highest BCUT2D eigenvalue weighted by Crippen LogP contribution is 2.11. The molecule has 0 unspecified atom stereocenters. The van der Waals surface area contributed by atoms with E-state index in [2.05, 4.69) is 61.0 Å². The van der Waals surface area contributed by atoms with E-state index in [0.29, 0.717) is 0 Å². The molecule has 1 aromatic carbocycles. The van der Waals surface area contributed by atoms with Gasteiger partial charge in [-0.2, -0.15) is 0 Å². The van der Waals surface area contributed by atoms with Crippen LogP contribution in [0, 0.1) is 11.8 Å². The van der Waals surface area contributed by atoms with Gasteiger partial charge in [0.1, 0.15) is 5.69 Å². The molecule has 0 bridgehead atoms. The molecule has 0 radical (unpaired) electrons. The van der Waals surface area contributed by atoms with E-state index in [0.717, 1.165) is 24.1 Å². The number of hydrogen-bond donors (Lipinski definition) is 0. The highest BCUT2D eigenvalue weighted by atomic mass is 14.7. The lowest BCUT2D eigenvalue weighted by molar-refractivity contribution is 0.607. The summed E-state index contributed by atoms with van der Waals surface area (Å²) < 4.78 is 0. The van der Waals surface area contributed by atoms with Crippen molar-refractivity contribution in [3.05, 3.63) is 65.0 Å². The van der Waals surface area contributed by atoms with Crippen molar-refractivity contribution in [2.45, 2.75) is 71.6 Å². The zero-order valence-corrected chi connectivity index (χ0v) is 15.9. The van der Waals surface area contributed by atoms with Gasteiger partial charge in [-0.15, -0.1) is 0 Å². The van der Waals surface area contributed by atoms with Crippen LogP contribution >= 0.6 is 0 Å². The van der Waals surface area contributed by atoms with Gasteiger partial charge in [-0.25, -0.2) is 4.98 Å². The second kappa shape index (κ2) is 11.5. The molecule has 2 aromatic rings. The first-order valence-corrected chi connectivity index (χ1v) is 9.87. The van der Waals surface area contributed by atoms with Gasteiger partial charge in [0.2, 0.25) is 0 Å². The molecule has 0 aliphatic heterocycles. The van der Waals surface area contributed by atoms with E-state index in [1.807, 2.05) is 12.3 Å². The lowest BCUT2D eigenvalue weighted by atomic mass is 10.0. The van der Waals surface area contributed by atoms with Crippen molar-refractivity contribution < 1.29 is 0 Å². The molecule has 0 spiro atoms. The summed E-state index contributed by atoms with van der Waals surface area (Å²) in [5, 5.41) is 0. The van der Waals surface area contributed by atoms with Crippen LogP contribution in [0.4, 0.5) is 0 Å². The van der Waals surface area contributed by atoms with Gasteiger partial charge in [0.25, 0.3) is 0 Å².